The SMILES string of the molecule is CCS(=O)(=O)N1CC[C@]2(CCN(Cc3ccccc3C)C2)C1. The van der Waals surface area contributed by atoms with Gasteiger partial charge < -0.3 is 0 Å². The van der Waals surface area contributed by atoms with Crippen LogP contribution in [-0.4, -0.2) is 49.6 Å². The second kappa shape index (κ2) is 5.95. The molecule has 1 aromatic carbocycles. The summed E-state index contributed by atoms with van der Waals surface area (Å²) in [4.78, 5) is 2.49. The highest BCUT2D eigenvalue weighted by Gasteiger charge is 2.45. The molecule has 4 nitrogen and oxygen atoms in total. The predicted molar refractivity (Wildman–Crippen MR) is 89.2 cm³/mol. The molecule has 3 rings (SSSR count). The zero-order valence-corrected chi connectivity index (χ0v) is 14.4. The third kappa shape index (κ3) is 3.07. The number of nitrogens with zero attached hydrogens (tertiary/aromatic N) is 2. The van der Waals surface area contributed by atoms with Crippen LogP contribution in [0.15, 0.2) is 24.3 Å². The Labute approximate surface area is 134 Å². The molecule has 0 unspecified atom stereocenters. The van der Waals surface area contributed by atoms with Gasteiger partial charge in [0.15, 0.2) is 0 Å². The molecule has 1 spiro atoms. The molecule has 1 aromatic rings. The first-order valence-electron chi connectivity index (χ1n) is 8.19. The van der Waals surface area contributed by atoms with Crippen molar-refractivity contribution in [3.8, 4) is 0 Å². The van der Waals surface area contributed by atoms with E-state index in [0.717, 1.165) is 32.5 Å². The van der Waals surface area contributed by atoms with Crippen molar-refractivity contribution >= 4 is 10.0 Å². The van der Waals surface area contributed by atoms with E-state index in [1.165, 1.54) is 11.1 Å². The molecule has 2 heterocycles. The second-order valence-electron chi connectivity index (χ2n) is 6.87. The number of hydrogen-bond acceptors (Lipinski definition) is 3. The maximum absolute atomic E-state index is 12.1. The van der Waals surface area contributed by atoms with Crippen molar-refractivity contribution < 1.29 is 8.42 Å². The van der Waals surface area contributed by atoms with Gasteiger partial charge in [-0.25, -0.2) is 12.7 Å². The van der Waals surface area contributed by atoms with Crippen molar-refractivity contribution in [1.29, 1.82) is 0 Å². The highest BCUT2D eigenvalue weighted by molar-refractivity contribution is 7.89. The number of sulfonamides is 1. The summed E-state index contributed by atoms with van der Waals surface area (Å²) in [5, 5.41) is 0. The molecule has 0 saturated carbocycles. The third-order valence-corrected chi connectivity index (χ3v) is 7.16. The molecule has 2 aliphatic heterocycles. The second-order valence-corrected chi connectivity index (χ2v) is 9.13. The first-order chi connectivity index (χ1) is 10.4. The lowest BCUT2D eigenvalue weighted by molar-refractivity contribution is 0.260. The maximum Gasteiger partial charge on any atom is 0.213 e. The Bertz CT molecular complexity index is 644. The smallest absolute Gasteiger partial charge is 0.213 e. The lowest BCUT2D eigenvalue weighted by Gasteiger charge is -2.25. The minimum atomic E-state index is -3.03. The normalized spacial score (nSPS) is 27.0. The summed E-state index contributed by atoms with van der Waals surface area (Å²) in [6, 6.07) is 8.53. The Morgan fingerprint density at radius 3 is 2.59 bits per heavy atom. The maximum atomic E-state index is 12.1. The zero-order valence-electron chi connectivity index (χ0n) is 13.6. The summed E-state index contributed by atoms with van der Waals surface area (Å²) < 4.78 is 25.9. The van der Waals surface area contributed by atoms with Crippen LogP contribution in [0.5, 0.6) is 0 Å². The molecule has 0 amide bonds. The quantitative estimate of drug-likeness (QED) is 0.853. The van der Waals surface area contributed by atoms with E-state index >= 15 is 0 Å². The molecule has 1 atom stereocenters. The van der Waals surface area contributed by atoms with Crippen LogP contribution in [0.2, 0.25) is 0 Å². The van der Waals surface area contributed by atoms with Crippen molar-refractivity contribution in [2.45, 2.75) is 33.2 Å². The van der Waals surface area contributed by atoms with E-state index in [-0.39, 0.29) is 11.2 Å². The van der Waals surface area contributed by atoms with Gasteiger partial charge in [-0.3, -0.25) is 4.90 Å². The van der Waals surface area contributed by atoms with E-state index in [2.05, 4.69) is 36.1 Å². The van der Waals surface area contributed by atoms with Gasteiger partial charge in [0.05, 0.1) is 5.75 Å². The molecular weight excluding hydrogens is 296 g/mol. The van der Waals surface area contributed by atoms with Crippen LogP contribution in [0.25, 0.3) is 0 Å². The van der Waals surface area contributed by atoms with Crippen LogP contribution in [-0.2, 0) is 16.6 Å². The van der Waals surface area contributed by atoms with Gasteiger partial charge in [0.25, 0.3) is 0 Å². The van der Waals surface area contributed by atoms with Gasteiger partial charge >= 0.3 is 0 Å². The van der Waals surface area contributed by atoms with E-state index < -0.39 is 10.0 Å². The first kappa shape index (κ1) is 16.0. The minimum Gasteiger partial charge on any atom is -0.298 e. The Morgan fingerprint density at radius 2 is 1.86 bits per heavy atom. The largest absolute Gasteiger partial charge is 0.298 e. The monoisotopic (exact) mass is 322 g/mol. The van der Waals surface area contributed by atoms with Gasteiger partial charge in [0, 0.05) is 26.2 Å². The summed E-state index contributed by atoms with van der Waals surface area (Å²) >= 11 is 0. The van der Waals surface area contributed by atoms with E-state index in [1.807, 2.05) is 0 Å². The van der Waals surface area contributed by atoms with Crippen LogP contribution >= 0.6 is 0 Å². The fourth-order valence-corrected chi connectivity index (χ4v) is 5.04. The summed E-state index contributed by atoms with van der Waals surface area (Å²) in [7, 11) is -3.03. The predicted octanol–water partition coefficient (Wildman–Crippen LogP) is 2.24. The molecule has 0 bridgehead atoms. The van der Waals surface area contributed by atoms with Crippen molar-refractivity contribution in [3.05, 3.63) is 35.4 Å². The molecule has 2 saturated heterocycles. The fourth-order valence-electron chi connectivity index (χ4n) is 3.84. The van der Waals surface area contributed by atoms with Crippen LogP contribution < -0.4 is 0 Å². The van der Waals surface area contributed by atoms with Crippen LogP contribution in [0, 0.1) is 12.3 Å². The standard InChI is InChI=1S/C17H26N2O2S/c1-3-22(20,21)19-11-9-17(14-19)8-10-18(13-17)12-16-7-5-4-6-15(16)2/h4-7H,3,8-14H2,1-2H3/t17-/m0/s1. The van der Waals surface area contributed by atoms with Gasteiger partial charge in [0.1, 0.15) is 0 Å². The van der Waals surface area contributed by atoms with Crippen molar-refractivity contribution in [2.75, 3.05) is 31.9 Å². The molecule has 122 valence electrons. The van der Waals surface area contributed by atoms with Crippen molar-refractivity contribution in [2.24, 2.45) is 5.41 Å². The number of hydrogen-bond donors (Lipinski definition) is 0. The Morgan fingerprint density at radius 1 is 1.14 bits per heavy atom. The molecule has 2 aliphatic rings. The molecule has 5 heteroatoms. The first-order valence-corrected chi connectivity index (χ1v) is 9.80. The van der Waals surface area contributed by atoms with Crippen molar-refractivity contribution in [1.82, 2.24) is 9.21 Å². The average Bonchev–Trinajstić information content (AvgIpc) is 3.10. The average molecular weight is 322 g/mol. The van der Waals surface area contributed by atoms with Gasteiger partial charge in [-0.2, -0.15) is 0 Å². The van der Waals surface area contributed by atoms with Crippen LogP contribution in [0.3, 0.4) is 0 Å². The minimum absolute atomic E-state index is 0.185. The van der Waals surface area contributed by atoms with Gasteiger partial charge in [-0.05, 0) is 49.8 Å². The third-order valence-electron chi connectivity index (χ3n) is 5.33. The van der Waals surface area contributed by atoms with E-state index in [0.29, 0.717) is 13.1 Å². The van der Waals surface area contributed by atoms with Gasteiger partial charge in [-0.15, -0.1) is 0 Å². The number of aryl methyl sites for hydroxylation is 1. The highest BCUT2D eigenvalue weighted by atomic mass is 32.2. The van der Waals surface area contributed by atoms with Gasteiger partial charge in [-0.1, -0.05) is 24.3 Å². The summed E-state index contributed by atoms with van der Waals surface area (Å²) in [5.74, 6) is 0.218. The Hall–Kier alpha value is -0.910. The van der Waals surface area contributed by atoms with E-state index in [1.54, 1.807) is 11.2 Å². The van der Waals surface area contributed by atoms with Gasteiger partial charge in [0.2, 0.25) is 10.0 Å². The highest BCUT2D eigenvalue weighted by Crippen LogP contribution is 2.40. The zero-order chi connectivity index (χ0) is 15.8. The van der Waals surface area contributed by atoms with Crippen molar-refractivity contribution in [3.63, 3.8) is 0 Å². The summed E-state index contributed by atoms with van der Waals surface area (Å²) in [6.07, 6.45) is 2.13. The molecule has 22 heavy (non-hydrogen) atoms. The number of likely N-dealkylation sites (tertiary alicyclic amines) is 1. The fraction of sp³-hybridized carbons (Fsp3) is 0.647. The Kier molecular flexibility index (Phi) is 4.32. The summed E-state index contributed by atoms with van der Waals surface area (Å²) in [6.45, 7) is 8.40. The lowest BCUT2D eigenvalue weighted by atomic mass is 9.86. The Balaban J connectivity index is 1.65. The molecule has 0 N–H and O–H groups in total. The molecule has 0 aliphatic carbocycles. The number of rotatable bonds is 4. The summed E-state index contributed by atoms with van der Waals surface area (Å²) in [5.41, 5.74) is 2.91. The molecule has 0 aromatic heterocycles. The lowest BCUT2D eigenvalue weighted by Crippen LogP contribution is -2.34. The molecule has 2 fully saturated rings. The molecule has 0 radical (unpaired) electrons. The van der Waals surface area contributed by atoms with E-state index in [4.69, 9.17) is 0 Å². The van der Waals surface area contributed by atoms with Crippen LogP contribution in [0.4, 0.5) is 0 Å². The number of benzene rings is 1. The molecular formula is C17H26N2O2S. The topological polar surface area (TPSA) is 40.6 Å². The van der Waals surface area contributed by atoms with E-state index in [9.17, 15) is 8.42 Å². The van der Waals surface area contributed by atoms with Crippen LogP contribution in [0.1, 0.15) is 30.9 Å².